The molecule has 0 aliphatic carbocycles. The molecule has 2 unspecified atom stereocenters. The molecule has 18 heavy (non-hydrogen) atoms. The van der Waals surface area contributed by atoms with Crippen LogP contribution in [0.4, 0.5) is 5.69 Å². The van der Waals surface area contributed by atoms with Crippen LogP contribution in [0.15, 0.2) is 24.3 Å². The van der Waals surface area contributed by atoms with Gasteiger partial charge >= 0.3 is 0 Å². The zero-order valence-electron chi connectivity index (χ0n) is 10.1. The standard InChI is InChI=1S/C13H18N2O3/c14-11-3-1-9(2-4-11)12(16)7-15-13(17)10-5-6-18-8-10/h1-4,10,12,16H,5-8,14H2,(H,15,17). The first-order valence-electron chi connectivity index (χ1n) is 6.06. The molecule has 4 N–H and O–H groups in total. The number of aliphatic hydroxyl groups is 1. The van der Waals surface area contributed by atoms with E-state index in [1.807, 2.05) is 0 Å². The van der Waals surface area contributed by atoms with Gasteiger partial charge in [-0.3, -0.25) is 4.79 Å². The highest BCUT2D eigenvalue weighted by Gasteiger charge is 2.23. The van der Waals surface area contributed by atoms with Crippen LogP contribution >= 0.6 is 0 Å². The van der Waals surface area contributed by atoms with Crippen molar-refractivity contribution in [2.75, 3.05) is 25.5 Å². The van der Waals surface area contributed by atoms with Crippen molar-refractivity contribution < 1.29 is 14.6 Å². The zero-order chi connectivity index (χ0) is 13.0. The van der Waals surface area contributed by atoms with Gasteiger partial charge in [0.1, 0.15) is 0 Å². The van der Waals surface area contributed by atoms with Gasteiger partial charge in [0.25, 0.3) is 0 Å². The van der Waals surface area contributed by atoms with E-state index in [9.17, 15) is 9.90 Å². The second-order valence-corrected chi connectivity index (χ2v) is 4.49. The van der Waals surface area contributed by atoms with Gasteiger partial charge in [0.05, 0.1) is 18.6 Å². The fourth-order valence-electron chi connectivity index (χ4n) is 1.92. The molecule has 2 atom stereocenters. The molecule has 1 amide bonds. The van der Waals surface area contributed by atoms with Crippen LogP contribution in [0.3, 0.4) is 0 Å². The molecule has 1 aromatic rings. The number of ether oxygens (including phenoxy) is 1. The summed E-state index contributed by atoms with van der Waals surface area (Å²) in [4.78, 5) is 11.7. The van der Waals surface area contributed by atoms with Gasteiger partial charge in [-0.05, 0) is 24.1 Å². The molecule has 2 rings (SSSR count). The largest absolute Gasteiger partial charge is 0.399 e. The molecule has 0 saturated carbocycles. The molecule has 1 fully saturated rings. The predicted molar refractivity (Wildman–Crippen MR) is 67.7 cm³/mol. The van der Waals surface area contributed by atoms with E-state index < -0.39 is 6.10 Å². The Hall–Kier alpha value is -1.59. The summed E-state index contributed by atoms with van der Waals surface area (Å²) in [5.74, 6) is -0.134. The SMILES string of the molecule is Nc1ccc(C(O)CNC(=O)C2CCOC2)cc1. The highest BCUT2D eigenvalue weighted by atomic mass is 16.5. The van der Waals surface area contributed by atoms with Crippen LogP contribution in [0.1, 0.15) is 18.1 Å². The Morgan fingerprint density at radius 3 is 2.83 bits per heavy atom. The second kappa shape index (κ2) is 5.84. The van der Waals surface area contributed by atoms with Gasteiger partial charge in [0.15, 0.2) is 0 Å². The highest BCUT2D eigenvalue weighted by Crippen LogP contribution is 2.15. The van der Waals surface area contributed by atoms with Crippen molar-refractivity contribution in [3.05, 3.63) is 29.8 Å². The summed E-state index contributed by atoms with van der Waals surface area (Å²) >= 11 is 0. The molecular formula is C13H18N2O3. The molecule has 98 valence electrons. The lowest BCUT2D eigenvalue weighted by Gasteiger charge is -2.14. The maximum atomic E-state index is 11.7. The highest BCUT2D eigenvalue weighted by molar-refractivity contribution is 5.79. The van der Waals surface area contributed by atoms with Crippen LogP contribution in [-0.2, 0) is 9.53 Å². The molecule has 5 nitrogen and oxygen atoms in total. The number of anilines is 1. The van der Waals surface area contributed by atoms with Gasteiger partial charge in [0.2, 0.25) is 5.91 Å². The smallest absolute Gasteiger partial charge is 0.225 e. The molecule has 0 aromatic heterocycles. The number of nitrogen functional groups attached to an aromatic ring is 1. The quantitative estimate of drug-likeness (QED) is 0.678. The van der Waals surface area contributed by atoms with Crippen molar-refractivity contribution in [3.63, 3.8) is 0 Å². The van der Waals surface area contributed by atoms with E-state index in [-0.39, 0.29) is 18.4 Å². The minimum Gasteiger partial charge on any atom is -0.399 e. The number of amides is 1. The van der Waals surface area contributed by atoms with Gasteiger partial charge in [-0.2, -0.15) is 0 Å². The van der Waals surface area contributed by atoms with Crippen molar-refractivity contribution in [1.29, 1.82) is 0 Å². The van der Waals surface area contributed by atoms with Crippen LogP contribution < -0.4 is 11.1 Å². The Bertz CT molecular complexity index is 399. The summed E-state index contributed by atoms with van der Waals surface area (Å²) in [6.45, 7) is 1.32. The van der Waals surface area contributed by atoms with E-state index >= 15 is 0 Å². The predicted octanol–water partition coefficient (Wildman–Crippen LogP) is 0.455. The minimum absolute atomic E-state index is 0.0537. The molecule has 1 saturated heterocycles. The molecular weight excluding hydrogens is 232 g/mol. The van der Waals surface area contributed by atoms with Gasteiger partial charge < -0.3 is 20.9 Å². The van der Waals surface area contributed by atoms with Crippen LogP contribution in [0.5, 0.6) is 0 Å². The number of rotatable bonds is 4. The lowest BCUT2D eigenvalue weighted by atomic mass is 10.1. The maximum Gasteiger partial charge on any atom is 0.225 e. The molecule has 0 radical (unpaired) electrons. The number of carbonyl (C=O) groups is 1. The average Bonchev–Trinajstić information content (AvgIpc) is 2.90. The van der Waals surface area contributed by atoms with Crippen molar-refractivity contribution >= 4 is 11.6 Å². The summed E-state index contributed by atoms with van der Waals surface area (Å²) in [5, 5.41) is 12.7. The second-order valence-electron chi connectivity index (χ2n) is 4.49. The number of hydrogen-bond acceptors (Lipinski definition) is 4. The first kappa shape index (κ1) is 12.9. The normalized spacial score (nSPS) is 20.6. The lowest BCUT2D eigenvalue weighted by Crippen LogP contribution is -2.34. The Labute approximate surface area is 106 Å². The monoisotopic (exact) mass is 250 g/mol. The maximum absolute atomic E-state index is 11.7. The first-order chi connectivity index (χ1) is 8.66. The van der Waals surface area contributed by atoms with E-state index in [1.54, 1.807) is 24.3 Å². The van der Waals surface area contributed by atoms with E-state index in [0.717, 1.165) is 12.0 Å². The Morgan fingerprint density at radius 2 is 2.22 bits per heavy atom. The molecule has 5 heteroatoms. The number of hydrogen-bond donors (Lipinski definition) is 3. The molecule has 0 bridgehead atoms. The fraction of sp³-hybridized carbons (Fsp3) is 0.462. The number of carbonyl (C=O) groups excluding carboxylic acids is 1. The third kappa shape index (κ3) is 3.21. The fourth-order valence-corrected chi connectivity index (χ4v) is 1.92. The molecule has 1 heterocycles. The Balaban J connectivity index is 1.82. The third-order valence-corrected chi connectivity index (χ3v) is 3.09. The summed E-state index contributed by atoms with van der Waals surface area (Å²) in [5.41, 5.74) is 6.96. The third-order valence-electron chi connectivity index (χ3n) is 3.09. The van der Waals surface area contributed by atoms with E-state index in [1.165, 1.54) is 0 Å². The lowest BCUT2D eigenvalue weighted by molar-refractivity contribution is -0.125. The van der Waals surface area contributed by atoms with Crippen molar-refractivity contribution in [1.82, 2.24) is 5.32 Å². The minimum atomic E-state index is -0.711. The number of nitrogens with one attached hydrogen (secondary N) is 1. The topological polar surface area (TPSA) is 84.6 Å². The van der Waals surface area contributed by atoms with Gasteiger partial charge in [-0.15, -0.1) is 0 Å². The van der Waals surface area contributed by atoms with Crippen molar-refractivity contribution in [2.24, 2.45) is 5.92 Å². The summed E-state index contributed by atoms with van der Waals surface area (Å²) in [6, 6.07) is 6.96. The van der Waals surface area contributed by atoms with Crippen LogP contribution in [0.2, 0.25) is 0 Å². The summed E-state index contributed by atoms with van der Waals surface area (Å²) in [7, 11) is 0. The van der Waals surface area contributed by atoms with Crippen LogP contribution in [0.25, 0.3) is 0 Å². The van der Waals surface area contributed by atoms with Gasteiger partial charge in [-0.25, -0.2) is 0 Å². The van der Waals surface area contributed by atoms with E-state index in [0.29, 0.717) is 18.9 Å². The Kier molecular flexibility index (Phi) is 4.17. The number of nitrogens with two attached hydrogens (primary N) is 1. The molecule has 1 aliphatic rings. The van der Waals surface area contributed by atoms with Crippen LogP contribution in [0, 0.1) is 5.92 Å². The summed E-state index contributed by atoms with van der Waals surface area (Å²) in [6.07, 6.45) is 0.0425. The first-order valence-corrected chi connectivity index (χ1v) is 6.06. The van der Waals surface area contributed by atoms with Gasteiger partial charge in [0, 0.05) is 18.8 Å². The van der Waals surface area contributed by atoms with Crippen molar-refractivity contribution in [2.45, 2.75) is 12.5 Å². The molecule has 0 spiro atoms. The summed E-state index contributed by atoms with van der Waals surface area (Å²) < 4.78 is 5.15. The van der Waals surface area contributed by atoms with Crippen LogP contribution in [-0.4, -0.2) is 30.8 Å². The van der Waals surface area contributed by atoms with E-state index in [2.05, 4.69) is 5.32 Å². The van der Waals surface area contributed by atoms with Gasteiger partial charge in [-0.1, -0.05) is 12.1 Å². The molecule has 1 aliphatic heterocycles. The number of aliphatic hydroxyl groups excluding tert-OH is 1. The number of benzene rings is 1. The molecule has 1 aromatic carbocycles. The zero-order valence-corrected chi connectivity index (χ0v) is 10.1. The Morgan fingerprint density at radius 1 is 1.50 bits per heavy atom. The van der Waals surface area contributed by atoms with E-state index in [4.69, 9.17) is 10.5 Å². The van der Waals surface area contributed by atoms with Crippen molar-refractivity contribution in [3.8, 4) is 0 Å². The average molecular weight is 250 g/mol.